The predicted octanol–water partition coefficient (Wildman–Crippen LogP) is 4.23. The number of hydrogen-bond acceptors (Lipinski definition) is 7. The summed E-state index contributed by atoms with van der Waals surface area (Å²) in [5.74, 6) is 0.646. The number of hydrogen-bond donors (Lipinski definition) is 0. The number of sulfone groups is 1. The maximum Gasteiger partial charge on any atom is 0.281 e. The summed E-state index contributed by atoms with van der Waals surface area (Å²) in [6, 6.07) is 3.21. The van der Waals surface area contributed by atoms with Crippen molar-refractivity contribution in [1.29, 1.82) is 0 Å². The second-order valence-corrected chi connectivity index (χ2v) is 12.3. The summed E-state index contributed by atoms with van der Waals surface area (Å²) in [5.41, 5.74) is 0.596. The highest BCUT2D eigenvalue weighted by Crippen LogP contribution is 2.29. The number of aromatic nitrogens is 1. The Hall–Kier alpha value is -1.32. The van der Waals surface area contributed by atoms with Crippen LogP contribution in [0.1, 0.15) is 58.1 Å². The fourth-order valence-corrected chi connectivity index (χ4v) is 5.40. The molecule has 2 fully saturated rings. The van der Waals surface area contributed by atoms with Gasteiger partial charge in [0, 0.05) is 24.6 Å². The number of amides is 1. The second-order valence-electron chi connectivity index (χ2n) is 8.78. The molecule has 31 heavy (non-hydrogen) atoms. The second kappa shape index (κ2) is 10.5. The molecular formula is C22H34N2O5S2. The van der Waals surface area contributed by atoms with Gasteiger partial charge in [-0.1, -0.05) is 25.6 Å². The number of carbonyl (C=O) groups is 1. The van der Waals surface area contributed by atoms with Gasteiger partial charge >= 0.3 is 0 Å². The Morgan fingerprint density at radius 3 is 2.19 bits per heavy atom. The number of nitrogens with zero attached hydrogens (tertiary/aromatic N) is 2. The van der Waals surface area contributed by atoms with Crippen molar-refractivity contribution in [2.75, 3.05) is 19.3 Å². The first-order valence-electron chi connectivity index (χ1n) is 11.1. The SMILES string of the molecule is Cc1nc(S(C)(=O)=O)ccc1O[C@H]1CC[C@H](OC2CCN(C(=O)SC(C)C)CC2)CC1. The molecule has 0 atom stereocenters. The van der Waals surface area contributed by atoms with Crippen molar-refractivity contribution in [3.05, 3.63) is 17.8 Å². The van der Waals surface area contributed by atoms with Gasteiger partial charge in [0.25, 0.3) is 5.24 Å². The van der Waals surface area contributed by atoms with Crippen LogP contribution < -0.4 is 4.74 Å². The van der Waals surface area contributed by atoms with Crippen molar-refractivity contribution in [3.8, 4) is 5.75 Å². The topological polar surface area (TPSA) is 85.8 Å². The number of pyridine rings is 1. The number of carbonyl (C=O) groups excluding carboxylic acids is 1. The third kappa shape index (κ3) is 7.08. The van der Waals surface area contributed by atoms with Gasteiger partial charge in [0.05, 0.1) is 24.0 Å². The lowest BCUT2D eigenvalue weighted by atomic mass is 9.94. The molecule has 0 N–H and O–H groups in total. The van der Waals surface area contributed by atoms with Crippen LogP contribution in [0.4, 0.5) is 4.79 Å². The predicted molar refractivity (Wildman–Crippen MR) is 123 cm³/mol. The Labute approximate surface area is 190 Å². The average Bonchev–Trinajstić information content (AvgIpc) is 2.70. The Kier molecular flexibility index (Phi) is 8.26. The number of likely N-dealkylation sites (tertiary alicyclic amines) is 1. The van der Waals surface area contributed by atoms with E-state index in [1.165, 1.54) is 17.8 Å². The van der Waals surface area contributed by atoms with Crippen LogP contribution in [0.2, 0.25) is 0 Å². The average molecular weight is 471 g/mol. The van der Waals surface area contributed by atoms with E-state index in [1.807, 2.05) is 18.7 Å². The van der Waals surface area contributed by atoms with Crippen molar-refractivity contribution >= 4 is 26.8 Å². The Morgan fingerprint density at radius 1 is 1.06 bits per heavy atom. The van der Waals surface area contributed by atoms with Crippen LogP contribution in [0.5, 0.6) is 5.75 Å². The summed E-state index contributed by atoms with van der Waals surface area (Å²) >= 11 is 1.40. The van der Waals surface area contributed by atoms with Crippen LogP contribution in [0.15, 0.2) is 17.2 Å². The van der Waals surface area contributed by atoms with E-state index in [2.05, 4.69) is 4.98 Å². The van der Waals surface area contributed by atoms with Crippen molar-refractivity contribution in [2.45, 2.75) is 87.9 Å². The van der Waals surface area contributed by atoms with Crippen LogP contribution in [-0.4, -0.2) is 66.4 Å². The van der Waals surface area contributed by atoms with Gasteiger partial charge < -0.3 is 14.4 Å². The van der Waals surface area contributed by atoms with Crippen molar-refractivity contribution in [2.24, 2.45) is 0 Å². The monoisotopic (exact) mass is 470 g/mol. The lowest BCUT2D eigenvalue weighted by Gasteiger charge is -2.36. The van der Waals surface area contributed by atoms with Gasteiger partial charge in [0.15, 0.2) is 14.9 Å². The molecule has 1 amide bonds. The van der Waals surface area contributed by atoms with Gasteiger partial charge in [0.1, 0.15) is 5.75 Å². The van der Waals surface area contributed by atoms with Gasteiger partial charge in [-0.2, -0.15) is 0 Å². The fraction of sp³-hybridized carbons (Fsp3) is 0.727. The quantitative estimate of drug-likeness (QED) is 0.615. The van der Waals surface area contributed by atoms with E-state index >= 15 is 0 Å². The smallest absolute Gasteiger partial charge is 0.281 e. The third-order valence-corrected chi connectivity index (χ3v) is 7.65. The van der Waals surface area contributed by atoms with Crippen LogP contribution in [0, 0.1) is 6.92 Å². The maximum atomic E-state index is 12.2. The molecule has 3 rings (SSSR count). The molecule has 0 radical (unpaired) electrons. The van der Waals surface area contributed by atoms with Crippen LogP contribution >= 0.6 is 11.8 Å². The van der Waals surface area contributed by atoms with E-state index in [9.17, 15) is 13.2 Å². The molecule has 174 valence electrons. The lowest BCUT2D eigenvalue weighted by Crippen LogP contribution is -2.41. The van der Waals surface area contributed by atoms with E-state index in [4.69, 9.17) is 9.47 Å². The Morgan fingerprint density at radius 2 is 1.65 bits per heavy atom. The molecule has 1 aliphatic carbocycles. The summed E-state index contributed by atoms with van der Waals surface area (Å²) in [7, 11) is -3.32. The van der Waals surface area contributed by atoms with E-state index in [-0.39, 0.29) is 28.6 Å². The number of rotatable bonds is 6. The number of thioether (sulfide) groups is 1. The zero-order valence-electron chi connectivity index (χ0n) is 18.9. The molecule has 2 heterocycles. The van der Waals surface area contributed by atoms with Gasteiger partial charge in [-0.25, -0.2) is 13.4 Å². The molecule has 1 saturated carbocycles. The highest BCUT2D eigenvalue weighted by atomic mass is 32.2. The largest absolute Gasteiger partial charge is 0.489 e. The molecule has 1 aromatic rings. The molecule has 1 aliphatic heterocycles. The molecule has 0 aromatic carbocycles. The number of ether oxygens (including phenoxy) is 2. The van der Waals surface area contributed by atoms with Gasteiger partial charge in [-0.15, -0.1) is 0 Å². The molecule has 0 bridgehead atoms. The number of piperidine rings is 1. The van der Waals surface area contributed by atoms with E-state index < -0.39 is 9.84 Å². The maximum absolute atomic E-state index is 12.2. The summed E-state index contributed by atoms with van der Waals surface area (Å²) < 4.78 is 35.7. The molecule has 0 unspecified atom stereocenters. The summed E-state index contributed by atoms with van der Waals surface area (Å²) in [5, 5.41) is 0.571. The van der Waals surface area contributed by atoms with Gasteiger partial charge in [-0.3, -0.25) is 4.79 Å². The molecule has 1 aromatic heterocycles. The minimum atomic E-state index is -3.32. The van der Waals surface area contributed by atoms with E-state index in [0.29, 0.717) is 16.7 Å². The molecule has 2 aliphatic rings. The van der Waals surface area contributed by atoms with Gasteiger partial charge in [-0.05, 0) is 57.6 Å². The minimum absolute atomic E-state index is 0.0741. The normalized spacial score (nSPS) is 23.2. The first kappa shape index (κ1) is 24.3. The van der Waals surface area contributed by atoms with E-state index in [1.54, 1.807) is 13.0 Å². The fourth-order valence-electron chi connectivity index (χ4n) is 4.04. The first-order valence-corrected chi connectivity index (χ1v) is 13.8. The van der Waals surface area contributed by atoms with Crippen molar-refractivity contribution < 1.29 is 22.7 Å². The first-order chi connectivity index (χ1) is 14.6. The van der Waals surface area contributed by atoms with Crippen LogP contribution in [-0.2, 0) is 14.6 Å². The third-order valence-electron chi connectivity index (χ3n) is 5.73. The standard InChI is InChI=1S/C22H34N2O5S2/c1-15(2)30-22(25)24-13-11-19(12-14-24)28-17-5-7-18(8-6-17)29-20-9-10-21(23-16(20)3)31(4,26)27/h9-10,15,17-19H,5-8,11-14H2,1-4H3/t17-,18-. The Balaban J connectivity index is 1.41. The molecule has 9 heteroatoms. The molecule has 0 spiro atoms. The van der Waals surface area contributed by atoms with Crippen LogP contribution in [0.3, 0.4) is 0 Å². The zero-order chi connectivity index (χ0) is 22.6. The molecule has 7 nitrogen and oxygen atoms in total. The lowest BCUT2D eigenvalue weighted by molar-refractivity contribution is -0.0621. The highest BCUT2D eigenvalue weighted by Gasteiger charge is 2.29. The molecule has 1 saturated heterocycles. The van der Waals surface area contributed by atoms with Crippen molar-refractivity contribution in [1.82, 2.24) is 9.88 Å². The van der Waals surface area contributed by atoms with E-state index in [0.717, 1.165) is 57.9 Å². The van der Waals surface area contributed by atoms with Crippen molar-refractivity contribution in [3.63, 3.8) is 0 Å². The number of aryl methyl sites for hydroxylation is 1. The minimum Gasteiger partial charge on any atom is -0.489 e. The highest BCUT2D eigenvalue weighted by molar-refractivity contribution is 8.14. The summed E-state index contributed by atoms with van der Waals surface area (Å²) in [6.45, 7) is 7.41. The molecular weight excluding hydrogens is 436 g/mol. The summed E-state index contributed by atoms with van der Waals surface area (Å²) in [6.07, 6.45) is 7.22. The van der Waals surface area contributed by atoms with Gasteiger partial charge in [0.2, 0.25) is 0 Å². The Bertz CT molecular complexity index is 859. The van der Waals surface area contributed by atoms with Crippen LogP contribution in [0.25, 0.3) is 0 Å². The zero-order valence-corrected chi connectivity index (χ0v) is 20.5. The summed E-state index contributed by atoms with van der Waals surface area (Å²) in [4.78, 5) is 18.3.